The summed E-state index contributed by atoms with van der Waals surface area (Å²) in [7, 11) is 0. The lowest BCUT2D eigenvalue weighted by Crippen LogP contribution is -2.11. The normalized spacial score (nSPS) is 14.1. The predicted molar refractivity (Wildman–Crippen MR) is 77.2 cm³/mol. The van der Waals surface area contributed by atoms with Gasteiger partial charge in [0.25, 0.3) is 0 Å². The molecule has 0 nitrogen and oxygen atoms in total. The van der Waals surface area contributed by atoms with E-state index in [1.165, 1.54) is 38.5 Å². The maximum Gasteiger partial charge on any atom is 0.192 e. The van der Waals surface area contributed by atoms with Gasteiger partial charge in [0.2, 0.25) is 0 Å². The van der Waals surface area contributed by atoms with Gasteiger partial charge in [-0.1, -0.05) is 86.7 Å². The van der Waals surface area contributed by atoms with Gasteiger partial charge in [-0.2, -0.15) is 0 Å². The molecule has 0 aromatic heterocycles. The van der Waals surface area contributed by atoms with E-state index in [0.717, 1.165) is 12.8 Å². The summed E-state index contributed by atoms with van der Waals surface area (Å²) in [5.41, 5.74) is 0. The van der Waals surface area contributed by atoms with E-state index in [0.29, 0.717) is 6.42 Å². The fourth-order valence-corrected chi connectivity index (χ4v) is 2.86. The van der Waals surface area contributed by atoms with E-state index in [4.69, 9.17) is 46.4 Å². The lowest BCUT2D eigenvalue weighted by molar-refractivity contribution is 0.561. The van der Waals surface area contributed by atoms with Gasteiger partial charge in [-0.05, 0) is 6.42 Å². The second-order valence-corrected chi connectivity index (χ2v) is 7.46. The Labute approximate surface area is 120 Å². The fraction of sp³-hybridized carbons (Fsp3) is 1.00. The van der Waals surface area contributed by atoms with E-state index >= 15 is 0 Å². The van der Waals surface area contributed by atoms with Crippen molar-refractivity contribution in [1.29, 1.82) is 0 Å². The van der Waals surface area contributed by atoms with Crippen LogP contribution in [-0.4, -0.2) is 9.17 Å². The van der Waals surface area contributed by atoms with Crippen LogP contribution in [0.25, 0.3) is 0 Å². The zero-order chi connectivity index (χ0) is 12.4. The average molecular weight is 308 g/mol. The van der Waals surface area contributed by atoms with Crippen LogP contribution in [0.4, 0.5) is 0 Å². The minimum absolute atomic E-state index is 0.0110. The van der Waals surface area contributed by atoms with Crippen LogP contribution >= 0.6 is 46.4 Å². The van der Waals surface area contributed by atoms with Crippen LogP contribution in [0.5, 0.6) is 0 Å². The van der Waals surface area contributed by atoms with Crippen molar-refractivity contribution in [2.75, 3.05) is 0 Å². The number of hydrogen-bond donors (Lipinski definition) is 0. The number of hydrogen-bond acceptors (Lipinski definition) is 0. The van der Waals surface area contributed by atoms with Crippen molar-refractivity contribution in [2.24, 2.45) is 0 Å². The van der Waals surface area contributed by atoms with E-state index in [-0.39, 0.29) is 5.38 Å². The standard InChI is InChI=1S/C12H22Cl4/c1-2-3-4-5-6-7-8-9-11(13)10-12(14,15)16/h11H,2-10H2,1H3/t11-/m0/s1. The van der Waals surface area contributed by atoms with Gasteiger partial charge in [0.05, 0.1) is 0 Å². The first-order valence-corrected chi connectivity index (χ1v) is 7.73. The third-order valence-corrected chi connectivity index (χ3v) is 3.41. The largest absolute Gasteiger partial charge is 0.192 e. The topological polar surface area (TPSA) is 0 Å². The summed E-state index contributed by atoms with van der Waals surface area (Å²) in [4.78, 5) is 0. The highest BCUT2D eigenvalue weighted by Crippen LogP contribution is 2.34. The summed E-state index contributed by atoms with van der Waals surface area (Å²) < 4.78 is -1.20. The molecule has 0 fully saturated rings. The molecule has 4 heteroatoms. The van der Waals surface area contributed by atoms with Crippen molar-refractivity contribution in [1.82, 2.24) is 0 Å². The van der Waals surface area contributed by atoms with Crippen molar-refractivity contribution in [3.05, 3.63) is 0 Å². The molecule has 0 aromatic rings. The number of unbranched alkanes of at least 4 members (excludes halogenated alkanes) is 6. The van der Waals surface area contributed by atoms with Crippen LogP contribution in [0, 0.1) is 0 Å². The molecule has 0 spiro atoms. The van der Waals surface area contributed by atoms with Gasteiger partial charge < -0.3 is 0 Å². The first-order valence-electron chi connectivity index (χ1n) is 6.16. The van der Waals surface area contributed by atoms with E-state index in [9.17, 15) is 0 Å². The van der Waals surface area contributed by atoms with Gasteiger partial charge in [-0.25, -0.2) is 0 Å². The summed E-state index contributed by atoms with van der Waals surface area (Å²) in [6.07, 6.45) is 10.4. The zero-order valence-electron chi connectivity index (χ0n) is 9.95. The smallest absolute Gasteiger partial charge is 0.123 e. The maximum atomic E-state index is 6.07. The van der Waals surface area contributed by atoms with Crippen LogP contribution in [0.3, 0.4) is 0 Å². The first kappa shape index (κ1) is 17.2. The monoisotopic (exact) mass is 306 g/mol. The van der Waals surface area contributed by atoms with Gasteiger partial charge in [0.1, 0.15) is 0 Å². The number of halogens is 4. The molecular formula is C12H22Cl4. The highest BCUT2D eigenvalue weighted by molar-refractivity contribution is 6.67. The SMILES string of the molecule is CCCCCCCCC[C@H](Cl)CC(Cl)(Cl)Cl. The van der Waals surface area contributed by atoms with E-state index in [1.807, 2.05) is 0 Å². The molecular weight excluding hydrogens is 286 g/mol. The van der Waals surface area contributed by atoms with E-state index < -0.39 is 3.79 Å². The molecule has 0 unspecified atom stereocenters. The molecule has 0 saturated heterocycles. The van der Waals surface area contributed by atoms with E-state index in [1.54, 1.807) is 0 Å². The molecule has 0 amide bonds. The molecule has 0 rings (SSSR count). The van der Waals surface area contributed by atoms with Crippen molar-refractivity contribution < 1.29 is 0 Å². The van der Waals surface area contributed by atoms with Crippen molar-refractivity contribution in [2.45, 2.75) is 73.9 Å². The predicted octanol–water partition coefficient (Wildman–Crippen LogP) is 6.49. The van der Waals surface area contributed by atoms with Crippen molar-refractivity contribution in [3.63, 3.8) is 0 Å². The Morgan fingerprint density at radius 1 is 0.875 bits per heavy atom. The highest BCUT2D eigenvalue weighted by Gasteiger charge is 2.23. The Kier molecular flexibility index (Phi) is 10.9. The van der Waals surface area contributed by atoms with Crippen molar-refractivity contribution in [3.8, 4) is 0 Å². The lowest BCUT2D eigenvalue weighted by atomic mass is 10.1. The molecule has 0 N–H and O–H groups in total. The van der Waals surface area contributed by atoms with Crippen LogP contribution < -0.4 is 0 Å². The summed E-state index contributed by atoms with van der Waals surface area (Å²) in [6, 6.07) is 0. The van der Waals surface area contributed by atoms with Gasteiger partial charge in [0, 0.05) is 11.8 Å². The number of alkyl halides is 4. The van der Waals surface area contributed by atoms with Gasteiger partial charge in [0.15, 0.2) is 3.79 Å². The lowest BCUT2D eigenvalue weighted by Gasteiger charge is -2.15. The molecule has 0 aliphatic heterocycles. The summed E-state index contributed by atoms with van der Waals surface area (Å²) in [5, 5.41) is -0.0110. The Morgan fingerprint density at radius 3 is 1.88 bits per heavy atom. The Balaban J connectivity index is 3.25. The van der Waals surface area contributed by atoms with Crippen LogP contribution in [0.2, 0.25) is 0 Å². The van der Waals surface area contributed by atoms with Crippen LogP contribution in [0.1, 0.15) is 64.7 Å². The second-order valence-electron chi connectivity index (χ2n) is 4.33. The van der Waals surface area contributed by atoms with Gasteiger partial charge in [-0.3, -0.25) is 0 Å². The molecule has 0 aliphatic carbocycles. The zero-order valence-corrected chi connectivity index (χ0v) is 13.0. The molecule has 16 heavy (non-hydrogen) atoms. The quantitative estimate of drug-likeness (QED) is 0.337. The summed E-state index contributed by atoms with van der Waals surface area (Å²) in [5.74, 6) is 0. The molecule has 0 saturated carbocycles. The molecule has 0 aliphatic rings. The molecule has 0 aromatic carbocycles. The van der Waals surface area contributed by atoms with Crippen LogP contribution in [0.15, 0.2) is 0 Å². The molecule has 0 heterocycles. The average Bonchev–Trinajstić information content (AvgIpc) is 2.13. The fourth-order valence-electron chi connectivity index (χ4n) is 1.68. The van der Waals surface area contributed by atoms with Crippen molar-refractivity contribution >= 4 is 46.4 Å². The van der Waals surface area contributed by atoms with Gasteiger partial charge >= 0.3 is 0 Å². The minimum Gasteiger partial charge on any atom is -0.123 e. The Bertz CT molecular complexity index is 154. The highest BCUT2D eigenvalue weighted by atomic mass is 35.6. The minimum atomic E-state index is -1.20. The van der Waals surface area contributed by atoms with Crippen LogP contribution in [-0.2, 0) is 0 Å². The molecule has 0 radical (unpaired) electrons. The third-order valence-electron chi connectivity index (χ3n) is 2.57. The Morgan fingerprint density at radius 2 is 1.38 bits per heavy atom. The maximum absolute atomic E-state index is 6.07. The molecule has 98 valence electrons. The first-order chi connectivity index (χ1) is 7.45. The third kappa shape index (κ3) is 13.2. The van der Waals surface area contributed by atoms with Gasteiger partial charge in [-0.15, -0.1) is 11.6 Å². The number of rotatable bonds is 9. The summed E-state index contributed by atoms with van der Waals surface area (Å²) >= 11 is 23.1. The Hall–Kier alpha value is 1.16. The second kappa shape index (κ2) is 10.1. The molecule has 1 atom stereocenters. The molecule has 0 bridgehead atoms. The summed E-state index contributed by atoms with van der Waals surface area (Å²) in [6.45, 7) is 2.23. The van der Waals surface area contributed by atoms with E-state index in [2.05, 4.69) is 6.92 Å².